The van der Waals surface area contributed by atoms with Gasteiger partial charge in [-0.15, -0.1) is 0 Å². The standard InChI is InChI=1S/C11H11BrF3N3S/c1-5(2)16-10-17-8-3-6(11(13,14)15)7(12)4-9(8)19-18-10/h3-5H,1-2H3,(H2,16,17,18). The van der Waals surface area contributed by atoms with Gasteiger partial charge in [0.25, 0.3) is 0 Å². The number of rotatable bonds is 1. The molecule has 2 rings (SSSR count). The van der Waals surface area contributed by atoms with Crippen molar-refractivity contribution in [1.82, 2.24) is 5.32 Å². The Morgan fingerprint density at radius 3 is 2.63 bits per heavy atom. The van der Waals surface area contributed by atoms with E-state index in [0.29, 0.717) is 16.5 Å². The summed E-state index contributed by atoms with van der Waals surface area (Å²) in [4.78, 5) is 0.647. The summed E-state index contributed by atoms with van der Waals surface area (Å²) in [5.74, 6) is 0.461. The summed E-state index contributed by atoms with van der Waals surface area (Å²) in [5, 5.41) is 5.89. The lowest BCUT2D eigenvalue weighted by molar-refractivity contribution is -0.138. The summed E-state index contributed by atoms with van der Waals surface area (Å²) in [6.07, 6.45) is -4.39. The molecule has 0 saturated carbocycles. The molecule has 1 aliphatic heterocycles. The first-order valence-corrected chi connectivity index (χ1v) is 7.03. The fraction of sp³-hybridized carbons (Fsp3) is 0.364. The van der Waals surface area contributed by atoms with Gasteiger partial charge in [0.1, 0.15) is 0 Å². The number of fused-ring (bicyclic) bond motifs is 1. The highest BCUT2D eigenvalue weighted by Crippen LogP contribution is 2.42. The van der Waals surface area contributed by atoms with E-state index < -0.39 is 11.7 Å². The van der Waals surface area contributed by atoms with Crippen LogP contribution in [0, 0.1) is 0 Å². The van der Waals surface area contributed by atoms with Gasteiger partial charge in [-0.25, -0.2) is 0 Å². The number of anilines is 1. The molecule has 8 heteroatoms. The van der Waals surface area contributed by atoms with Crippen LogP contribution < -0.4 is 10.6 Å². The fourth-order valence-electron chi connectivity index (χ4n) is 1.53. The number of alkyl halides is 3. The van der Waals surface area contributed by atoms with Gasteiger partial charge in [0, 0.05) is 22.5 Å². The molecule has 3 nitrogen and oxygen atoms in total. The van der Waals surface area contributed by atoms with Crippen molar-refractivity contribution >= 4 is 39.5 Å². The van der Waals surface area contributed by atoms with Crippen molar-refractivity contribution in [2.24, 2.45) is 4.40 Å². The van der Waals surface area contributed by atoms with Crippen LogP contribution in [-0.4, -0.2) is 12.0 Å². The Labute approximate surface area is 121 Å². The molecule has 2 N–H and O–H groups in total. The van der Waals surface area contributed by atoms with E-state index >= 15 is 0 Å². The van der Waals surface area contributed by atoms with Gasteiger partial charge in [-0.05, 0) is 26.0 Å². The van der Waals surface area contributed by atoms with E-state index in [2.05, 4.69) is 31.0 Å². The van der Waals surface area contributed by atoms with Crippen LogP contribution in [0.5, 0.6) is 0 Å². The van der Waals surface area contributed by atoms with Gasteiger partial charge < -0.3 is 10.6 Å². The molecule has 19 heavy (non-hydrogen) atoms. The average molecular weight is 354 g/mol. The highest BCUT2D eigenvalue weighted by atomic mass is 79.9. The maximum absolute atomic E-state index is 12.8. The summed E-state index contributed by atoms with van der Waals surface area (Å²) in [5.41, 5.74) is -0.302. The lowest BCUT2D eigenvalue weighted by Crippen LogP contribution is -2.36. The molecule has 0 aliphatic carbocycles. The zero-order chi connectivity index (χ0) is 14.2. The highest BCUT2D eigenvalue weighted by molar-refractivity contribution is 9.10. The van der Waals surface area contributed by atoms with Crippen LogP contribution in [0.2, 0.25) is 0 Å². The van der Waals surface area contributed by atoms with Crippen molar-refractivity contribution in [1.29, 1.82) is 0 Å². The van der Waals surface area contributed by atoms with E-state index in [9.17, 15) is 13.2 Å². The third-order valence-corrected chi connectivity index (χ3v) is 3.75. The Hall–Kier alpha value is -0.890. The Morgan fingerprint density at radius 2 is 2.05 bits per heavy atom. The number of hydrogen-bond donors (Lipinski definition) is 2. The molecule has 1 aromatic carbocycles. The van der Waals surface area contributed by atoms with Gasteiger partial charge in [-0.2, -0.15) is 17.6 Å². The maximum atomic E-state index is 12.8. The summed E-state index contributed by atoms with van der Waals surface area (Å²) in [7, 11) is 0. The largest absolute Gasteiger partial charge is 0.417 e. The first kappa shape index (κ1) is 14.5. The molecule has 0 atom stereocenters. The minimum Gasteiger partial charge on any atom is -0.353 e. The summed E-state index contributed by atoms with van der Waals surface area (Å²) in [6, 6.07) is 2.65. The maximum Gasteiger partial charge on any atom is 0.417 e. The third kappa shape index (κ3) is 3.36. The molecular weight excluding hydrogens is 343 g/mol. The van der Waals surface area contributed by atoms with Gasteiger partial charge in [0.15, 0.2) is 0 Å². The summed E-state index contributed by atoms with van der Waals surface area (Å²) >= 11 is 4.08. The number of benzene rings is 1. The third-order valence-electron chi connectivity index (χ3n) is 2.29. The second-order valence-corrected chi connectivity index (χ2v) is 5.94. The Bertz CT molecular complexity index is 529. The van der Waals surface area contributed by atoms with Gasteiger partial charge in [0.2, 0.25) is 5.96 Å². The van der Waals surface area contributed by atoms with Crippen molar-refractivity contribution in [2.75, 3.05) is 5.32 Å². The van der Waals surface area contributed by atoms with E-state index in [-0.39, 0.29) is 10.5 Å². The minimum absolute atomic E-state index is 0.0171. The van der Waals surface area contributed by atoms with Gasteiger partial charge in [0.05, 0.1) is 16.1 Å². The summed E-state index contributed by atoms with van der Waals surface area (Å²) in [6.45, 7) is 3.85. The molecule has 0 spiro atoms. The van der Waals surface area contributed by atoms with Crippen LogP contribution in [-0.2, 0) is 6.18 Å². The number of nitrogens with one attached hydrogen (secondary N) is 2. The second-order valence-electron chi connectivity index (χ2n) is 4.28. The van der Waals surface area contributed by atoms with Crippen LogP contribution in [0.3, 0.4) is 0 Å². The van der Waals surface area contributed by atoms with Crippen molar-refractivity contribution in [3.05, 3.63) is 22.2 Å². The van der Waals surface area contributed by atoms with Crippen molar-refractivity contribution in [2.45, 2.75) is 31.0 Å². The Morgan fingerprint density at radius 1 is 1.37 bits per heavy atom. The van der Waals surface area contributed by atoms with E-state index in [1.807, 2.05) is 13.8 Å². The topological polar surface area (TPSA) is 36.4 Å². The first-order valence-electron chi connectivity index (χ1n) is 5.46. The van der Waals surface area contributed by atoms with Crippen LogP contribution in [0.25, 0.3) is 0 Å². The lowest BCUT2D eigenvalue weighted by atomic mass is 10.2. The Kier molecular flexibility index (Phi) is 4.00. The van der Waals surface area contributed by atoms with Gasteiger partial charge in [-0.3, -0.25) is 0 Å². The van der Waals surface area contributed by atoms with E-state index in [0.717, 1.165) is 18.0 Å². The second kappa shape index (κ2) is 5.24. The minimum atomic E-state index is -4.39. The van der Waals surface area contributed by atoms with Crippen LogP contribution in [0.4, 0.5) is 18.9 Å². The number of nitrogens with zero attached hydrogens (tertiary/aromatic N) is 1. The Balaban J connectivity index is 2.32. The van der Waals surface area contributed by atoms with E-state index in [1.54, 1.807) is 0 Å². The van der Waals surface area contributed by atoms with E-state index in [1.165, 1.54) is 6.07 Å². The smallest absolute Gasteiger partial charge is 0.353 e. The molecule has 104 valence electrons. The summed E-state index contributed by atoms with van der Waals surface area (Å²) < 4.78 is 42.6. The molecule has 1 aromatic rings. The number of guanidine groups is 1. The predicted molar refractivity (Wildman–Crippen MR) is 74.3 cm³/mol. The number of halogens is 4. The average Bonchev–Trinajstić information content (AvgIpc) is 2.26. The van der Waals surface area contributed by atoms with Gasteiger partial charge >= 0.3 is 6.18 Å². The molecule has 0 fully saturated rings. The molecule has 0 radical (unpaired) electrons. The molecule has 0 unspecified atom stereocenters. The molecule has 1 aliphatic rings. The highest BCUT2D eigenvalue weighted by Gasteiger charge is 2.34. The van der Waals surface area contributed by atoms with Crippen molar-refractivity contribution in [3.63, 3.8) is 0 Å². The molecule has 0 aromatic heterocycles. The first-order chi connectivity index (χ1) is 8.77. The predicted octanol–water partition coefficient (Wildman–Crippen LogP) is 4.25. The zero-order valence-electron chi connectivity index (χ0n) is 10.1. The molecule has 0 amide bonds. The van der Waals surface area contributed by atoms with Crippen molar-refractivity contribution in [3.8, 4) is 0 Å². The van der Waals surface area contributed by atoms with E-state index in [4.69, 9.17) is 0 Å². The van der Waals surface area contributed by atoms with Crippen LogP contribution >= 0.6 is 27.9 Å². The zero-order valence-corrected chi connectivity index (χ0v) is 12.5. The quantitative estimate of drug-likeness (QED) is 0.740. The monoisotopic (exact) mass is 353 g/mol. The molecular formula is C11H11BrF3N3S. The van der Waals surface area contributed by atoms with Crippen LogP contribution in [0.1, 0.15) is 19.4 Å². The fourth-order valence-corrected chi connectivity index (χ4v) is 2.91. The molecule has 0 bridgehead atoms. The lowest BCUT2D eigenvalue weighted by Gasteiger charge is -2.21. The molecule has 1 heterocycles. The SMILES string of the molecule is CC(C)NC1=NSc2cc(Br)c(C(F)(F)F)cc2N1. The van der Waals surface area contributed by atoms with Crippen LogP contribution in [0.15, 0.2) is 25.9 Å². The molecule has 0 saturated heterocycles. The van der Waals surface area contributed by atoms with Gasteiger partial charge in [-0.1, -0.05) is 15.9 Å². The normalized spacial score (nSPS) is 14.8. The van der Waals surface area contributed by atoms with Crippen molar-refractivity contribution < 1.29 is 13.2 Å². The number of hydrogen-bond acceptors (Lipinski definition) is 4.